The van der Waals surface area contributed by atoms with Gasteiger partial charge in [0.05, 0.1) is 0 Å². The number of aliphatic hydroxyl groups is 2. The quantitative estimate of drug-likeness (QED) is 0.122. The number of carboxylic acid groups (broad SMARTS) is 2. The number of aliphatic hydroxyl groups excluding tert-OH is 2. The van der Waals surface area contributed by atoms with Crippen LogP contribution in [0.25, 0.3) is 0 Å². The Labute approximate surface area is 257 Å². The highest BCUT2D eigenvalue weighted by Gasteiger charge is 2.54. The molecule has 7 N–H and O–H groups in total. The standard InChI is InChI=1S/C26H28N6O10S2/c1-26(2,24(40)41)42-30-17(13-9-44-25(27)28-13)20(36)29-18-21(37)32-19(23(38)39)12(8-43-22(18)32)7-31-6-11-4-15(34)14(33)3-10(11)5-16(31)35/h4,9-10,18,22,33-34H,3,5-8H2,1-2H3,(H2,27,28)(H,29,36)(H,38,39)(H,40,41)/b30-17-/t10?,18?,22-/m1/s1. The summed E-state index contributed by atoms with van der Waals surface area (Å²) in [6.07, 6.45) is 1.63. The van der Waals surface area contributed by atoms with Crippen LogP contribution in [0.1, 0.15) is 32.4 Å². The number of fused-ring (bicyclic) bond motifs is 2. The molecule has 3 amide bonds. The molecular formula is C26H28N6O10S2. The third-order valence-corrected chi connectivity index (χ3v) is 9.52. The van der Waals surface area contributed by atoms with E-state index in [-0.39, 0.29) is 71.5 Å². The van der Waals surface area contributed by atoms with Crippen molar-refractivity contribution in [2.24, 2.45) is 11.1 Å². The number of likely N-dealkylation sites (tertiary alicyclic amines) is 1. The Kier molecular flexibility index (Phi) is 8.06. The number of hydrogen-bond donors (Lipinski definition) is 6. The number of aliphatic carboxylic acids is 2. The molecule has 234 valence electrons. The summed E-state index contributed by atoms with van der Waals surface area (Å²) in [5.74, 6) is -5.18. The highest BCUT2D eigenvalue weighted by molar-refractivity contribution is 8.00. The summed E-state index contributed by atoms with van der Waals surface area (Å²) in [7, 11) is 0. The first-order chi connectivity index (χ1) is 20.7. The number of nitrogens with zero attached hydrogens (tertiary/aromatic N) is 4. The fraction of sp³-hybridized carbons (Fsp3) is 0.423. The van der Waals surface area contributed by atoms with E-state index < -0.39 is 46.5 Å². The lowest BCUT2D eigenvalue weighted by Crippen LogP contribution is -2.71. The van der Waals surface area contributed by atoms with Crippen molar-refractivity contribution in [2.75, 3.05) is 24.6 Å². The first-order valence-electron chi connectivity index (χ1n) is 13.2. The van der Waals surface area contributed by atoms with E-state index in [0.29, 0.717) is 5.57 Å². The number of carbonyl (C=O) groups is 5. The number of allylic oxidation sites excluding steroid dienone is 2. The van der Waals surface area contributed by atoms with E-state index in [1.807, 2.05) is 0 Å². The zero-order valence-corrected chi connectivity index (χ0v) is 25.0. The van der Waals surface area contributed by atoms with E-state index >= 15 is 0 Å². The summed E-state index contributed by atoms with van der Waals surface area (Å²) in [5, 5.41) is 46.1. The molecule has 3 aliphatic heterocycles. The normalized spacial score (nSPS) is 23.9. The van der Waals surface area contributed by atoms with Crippen molar-refractivity contribution >= 4 is 63.6 Å². The largest absolute Gasteiger partial charge is 0.508 e. The Bertz CT molecular complexity index is 1590. The van der Waals surface area contributed by atoms with Crippen molar-refractivity contribution in [3.63, 3.8) is 0 Å². The molecule has 0 aromatic carbocycles. The minimum Gasteiger partial charge on any atom is -0.508 e. The molecular weight excluding hydrogens is 620 g/mol. The fourth-order valence-electron chi connectivity index (χ4n) is 5.06. The zero-order chi connectivity index (χ0) is 32.1. The number of amides is 3. The Morgan fingerprint density at radius 1 is 1.23 bits per heavy atom. The van der Waals surface area contributed by atoms with Gasteiger partial charge < -0.3 is 41.2 Å². The number of anilines is 1. The van der Waals surface area contributed by atoms with Crippen LogP contribution in [0.3, 0.4) is 0 Å². The van der Waals surface area contributed by atoms with Crippen LogP contribution in [-0.4, -0.2) is 106 Å². The fourth-order valence-corrected chi connectivity index (χ4v) is 6.94. The van der Waals surface area contributed by atoms with E-state index in [4.69, 9.17) is 10.6 Å². The second kappa shape index (κ2) is 11.5. The minimum atomic E-state index is -1.80. The third kappa shape index (κ3) is 5.69. The van der Waals surface area contributed by atoms with Crippen LogP contribution in [0.5, 0.6) is 0 Å². The van der Waals surface area contributed by atoms with Crippen LogP contribution in [0, 0.1) is 5.92 Å². The van der Waals surface area contributed by atoms with Gasteiger partial charge in [0.25, 0.3) is 11.8 Å². The van der Waals surface area contributed by atoms with Crippen molar-refractivity contribution in [1.82, 2.24) is 20.1 Å². The van der Waals surface area contributed by atoms with Gasteiger partial charge in [0, 0.05) is 37.1 Å². The van der Waals surface area contributed by atoms with E-state index in [9.17, 15) is 44.4 Å². The highest BCUT2D eigenvalue weighted by Crippen LogP contribution is 2.41. The first-order valence-corrected chi connectivity index (χ1v) is 15.1. The molecule has 3 atom stereocenters. The number of β-lactam (4-membered cyclic amide) rings is 1. The molecule has 2 unspecified atom stereocenters. The van der Waals surface area contributed by atoms with Crippen molar-refractivity contribution in [2.45, 2.75) is 43.7 Å². The third-order valence-electron chi connectivity index (χ3n) is 7.51. The van der Waals surface area contributed by atoms with Crippen LogP contribution in [0.4, 0.5) is 5.13 Å². The van der Waals surface area contributed by atoms with Crippen LogP contribution >= 0.6 is 23.1 Å². The zero-order valence-electron chi connectivity index (χ0n) is 23.3. The Balaban J connectivity index is 1.33. The van der Waals surface area contributed by atoms with Crippen molar-refractivity contribution in [3.05, 3.63) is 45.5 Å². The molecule has 0 spiro atoms. The van der Waals surface area contributed by atoms with Gasteiger partial charge in [0.1, 0.15) is 28.6 Å². The number of carbonyl (C=O) groups excluding carboxylic acids is 3. The Hall–Kier alpha value is -4.58. The molecule has 16 nitrogen and oxygen atoms in total. The summed E-state index contributed by atoms with van der Waals surface area (Å²) in [6.45, 7) is 2.50. The molecule has 44 heavy (non-hydrogen) atoms. The lowest BCUT2D eigenvalue weighted by Gasteiger charge is -2.50. The number of hydrogen-bond acceptors (Lipinski definition) is 13. The molecule has 2 saturated heterocycles. The van der Waals surface area contributed by atoms with Gasteiger partial charge in [-0.15, -0.1) is 23.1 Å². The Morgan fingerprint density at radius 2 is 1.95 bits per heavy atom. The topological polar surface area (TPSA) is 245 Å². The van der Waals surface area contributed by atoms with Crippen molar-refractivity contribution in [1.29, 1.82) is 0 Å². The Morgan fingerprint density at radius 3 is 2.59 bits per heavy atom. The molecule has 1 aromatic heterocycles. The number of nitrogen functional groups attached to an aromatic ring is 1. The highest BCUT2D eigenvalue weighted by atomic mass is 32.2. The molecule has 4 heterocycles. The number of thioether (sulfide) groups is 1. The van der Waals surface area contributed by atoms with Crippen LogP contribution in [-0.2, 0) is 28.8 Å². The summed E-state index contributed by atoms with van der Waals surface area (Å²) < 4.78 is 0. The number of aromatic nitrogens is 1. The van der Waals surface area contributed by atoms with Crippen molar-refractivity contribution < 1.29 is 49.2 Å². The summed E-state index contributed by atoms with van der Waals surface area (Å²) in [5.41, 5.74) is 4.22. The molecule has 18 heteroatoms. The molecule has 5 rings (SSSR count). The van der Waals surface area contributed by atoms with Gasteiger partial charge in [0.15, 0.2) is 16.6 Å². The van der Waals surface area contributed by atoms with Gasteiger partial charge in [-0.3, -0.25) is 19.3 Å². The second-order valence-electron chi connectivity index (χ2n) is 10.9. The predicted molar refractivity (Wildman–Crippen MR) is 155 cm³/mol. The number of nitrogens with one attached hydrogen (secondary N) is 1. The molecule has 0 bridgehead atoms. The maximum absolute atomic E-state index is 13.3. The maximum Gasteiger partial charge on any atom is 0.352 e. The summed E-state index contributed by atoms with van der Waals surface area (Å²) in [6, 6.07) is -1.15. The van der Waals surface area contributed by atoms with E-state index in [0.717, 1.165) is 21.8 Å². The number of piperidine rings is 1. The number of rotatable bonds is 9. The molecule has 4 aliphatic rings. The van der Waals surface area contributed by atoms with Crippen LogP contribution in [0.2, 0.25) is 0 Å². The van der Waals surface area contributed by atoms with E-state index in [1.54, 1.807) is 0 Å². The number of carboxylic acids is 2. The predicted octanol–water partition coefficient (Wildman–Crippen LogP) is 0.554. The summed E-state index contributed by atoms with van der Waals surface area (Å²) >= 11 is 2.19. The maximum atomic E-state index is 13.3. The van der Waals surface area contributed by atoms with Gasteiger partial charge in [0.2, 0.25) is 11.5 Å². The molecule has 0 saturated carbocycles. The summed E-state index contributed by atoms with van der Waals surface area (Å²) in [4.78, 5) is 74.8. The minimum absolute atomic E-state index is 0.0138. The lowest BCUT2D eigenvalue weighted by molar-refractivity contribution is -0.161. The molecule has 1 aromatic rings. The number of oxime groups is 1. The van der Waals surface area contributed by atoms with Gasteiger partial charge >= 0.3 is 11.9 Å². The average molecular weight is 649 g/mol. The monoisotopic (exact) mass is 648 g/mol. The molecule has 2 fully saturated rings. The van der Waals surface area contributed by atoms with Gasteiger partial charge in [-0.05, 0) is 37.0 Å². The number of nitrogens with two attached hydrogens (primary N) is 1. The second-order valence-corrected chi connectivity index (χ2v) is 12.9. The molecule has 1 aliphatic carbocycles. The van der Waals surface area contributed by atoms with E-state index in [1.165, 1.54) is 42.0 Å². The van der Waals surface area contributed by atoms with Gasteiger partial charge in [-0.1, -0.05) is 5.16 Å². The number of thiazole rings is 1. The van der Waals surface area contributed by atoms with Gasteiger partial charge in [-0.25, -0.2) is 14.6 Å². The molecule has 0 radical (unpaired) electrons. The smallest absolute Gasteiger partial charge is 0.352 e. The van der Waals surface area contributed by atoms with Crippen LogP contribution < -0.4 is 11.1 Å². The lowest BCUT2D eigenvalue weighted by atomic mass is 9.83. The SMILES string of the molecule is CC(C)(O/N=C(\C(=O)NC1C(=O)N2C(C(=O)O)=C(CN3CC4=CC(O)=C(O)CC4CC3=O)CS[C@H]12)c1csc(N)n1)C(=O)O. The van der Waals surface area contributed by atoms with E-state index in [2.05, 4.69) is 15.5 Å². The average Bonchev–Trinajstić information content (AvgIpc) is 3.38. The van der Waals surface area contributed by atoms with Crippen molar-refractivity contribution in [3.8, 4) is 0 Å². The van der Waals surface area contributed by atoms with Gasteiger partial charge in [-0.2, -0.15) is 0 Å². The van der Waals surface area contributed by atoms with Crippen LogP contribution in [0.15, 0.2) is 45.0 Å². The first kappa shape index (κ1) is 30.9.